The number of anilines is 1. The summed E-state index contributed by atoms with van der Waals surface area (Å²) in [6, 6.07) is 11.5. The maximum absolute atomic E-state index is 13.4. The SMILES string of the molecule is Cc1cc(Br)c(Cl)cc1NC(=O)COC(=O)[C@@H](Cc1ccccc1)N1C(=O)[C@@H]2[C@H]3CC[C@@H](C3)[C@@H]2C1=O. The molecular formula is C27H26BrClN2O5. The van der Waals surface area contributed by atoms with Crippen LogP contribution in [-0.4, -0.2) is 41.2 Å². The molecule has 0 radical (unpaired) electrons. The van der Waals surface area contributed by atoms with Crippen molar-refractivity contribution in [2.24, 2.45) is 23.7 Å². The number of nitrogens with one attached hydrogen (secondary N) is 1. The van der Waals surface area contributed by atoms with Gasteiger partial charge < -0.3 is 10.1 Å². The Labute approximate surface area is 222 Å². The monoisotopic (exact) mass is 572 g/mol. The fourth-order valence-corrected chi connectivity index (χ4v) is 6.68. The van der Waals surface area contributed by atoms with E-state index in [1.54, 1.807) is 12.1 Å². The number of carbonyl (C=O) groups excluding carboxylic acids is 4. The molecule has 3 aliphatic rings. The summed E-state index contributed by atoms with van der Waals surface area (Å²) in [7, 11) is 0. The Morgan fingerprint density at radius 2 is 1.75 bits per heavy atom. The highest BCUT2D eigenvalue weighted by Gasteiger charge is 2.62. The molecule has 2 aromatic carbocycles. The minimum Gasteiger partial charge on any atom is -0.454 e. The van der Waals surface area contributed by atoms with Crippen LogP contribution in [0, 0.1) is 30.6 Å². The zero-order valence-corrected chi connectivity index (χ0v) is 22.1. The molecule has 2 saturated carbocycles. The van der Waals surface area contributed by atoms with Gasteiger partial charge in [0, 0.05) is 16.6 Å². The number of esters is 1. The van der Waals surface area contributed by atoms with E-state index in [9.17, 15) is 19.2 Å². The molecule has 0 spiro atoms. The van der Waals surface area contributed by atoms with Crippen LogP contribution >= 0.6 is 27.5 Å². The molecule has 2 bridgehead atoms. The Balaban J connectivity index is 1.32. The normalized spacial score (nSPS) is 25.1. The lowest BCUT2D eigenvalue weighted by atomic mass is 9.81. The third kappa shape index (κ3) is 4.57. The smallest absolute Gasteiger partial charge is 0.330 e. The maximum Gasteiger partial charge on any atom is 0.330 e. The molecule has 0 aromatic heterocycles. The lowest BCUT2D eigenvalue weighted by Crippen LogP contribution is -2.48. The summed E-state index contributed by atoms with van der Waals surface area (Å²) in [6.45, 7) is 1.26. The van der Waals surface area contributed by atoms with Gasteiger partial charge in [0.1, 0.15) is 6.04 Å². The molecule has 5 rings (SSSR count). The molecule has 5 atom stereocenters. The summed E-state index contributed by atoms with van der Waals surface area (Å²) >= 11 is 9.46. The first-order chi connectivity index (χ1) is 17.2. The number of nitrogens with zero attached hydrogens (tertiary/aromatic N) is 1. The molecule has 7 nitrogen and oxygen atoms in total. The van der Waals surface area contributed by atoms with E-state index in [0.717, 1.165) is 35.3 Å². The zero-order chi connectivity index (χ0) is 25.6. The molecule has 2 aliphatic carbocycles. The summed E-state index contributed by atoms with van der Waals surface area (Å²) < 4.78 is 6.07. The van der Waals surface area contributed by atoms with Gasteiger partial charge in [0.25, 0.3) is 5.91 Å². The molecular weight excluding hydrogens is 548 g/mol. The van der Waals surface area contributed by atoms with Gasteiger partial charge in [-0.2, -0.15) is 0 Å². The lowest BCUT2D eigenvalue weighted by molar-refractivity contribution is -0.160. The van der Waals surface area contributed by atoms with Gasteiger partial charge in [-0.15, -0.1) is 0 Å². The number of ether oxygens (including phenoxy) is 1. The van der Waals surface area contributed by atoms with Gasteiger partial charge in [0.15, 0.2) is 6.61 Å². The van der Waals surface area contributed by atoms with Crippen molar-refractivity contribution < 1.29 is 23.9 Å². The van der Waals surface area contributed by atoms with E-state index >= 15 is 0 Å². The highest BCUT2D eigenvalue weighted by molar-refractivity contribution is 9.10. The van der Waals surface area contributed by atoms with Crippen LogP contribution in [0.1, 0.15) is 30.4 Å². The number of amides is 3. The molecule has 9 heteroatoms. The first-order valence-corrected chi connectivity index (χ1v) is 13.2. The molecule has 2 aromatic rings. The molecule has 3 fully saturated rings. The van der Waals surface area contributed by atoms with Crippen LogP contribution in [0.4, 0.5) is 5.69 Å². The fraction of sp³-hybridized carbons (Fsp3) is 0.407. The van der Waals surface area contributed by atoms with Crippen molar-refractivity contribution in [2.75, 3.05) is 11.9 Å². The van der Waals surface area contributed by atoms with Gasteiger partial charge in [-0.3, -0.25) is 19.3 Å². The van der Waals surface area contributed by atoms with Crippen LogP contribution in [0.25, 0.3) is 0 Å². The van der Waals surface area contributed by atoms with Crippen molar-refractivity contribution >= 4 is 56.9 Å². The average molecular weight is 574 g/mol. The van der Waals surface area contributed by atoms with Gasteiger partial charge in [-0.1, -0.05) is 41.9 Å². The van der Waals surface area contributed by atoms with Crippen LogP contribution in [0.2, 0.25) is 5.02 Å². The summed E-state index contributed by atoms with van der Waals surface area (Å²) in [5, 5.41) is 3.12. The van der Waals surface area contributed by atoms with E-state index in [4.69, 9.17) is 16.3 Å². The Hall–Kier alpha value is -2.71. The van der Waals surface area contributed by atoms with E-state index < -0.39 is 24.5 Å². The van der Waals surface area contributed by atoms with E-state index in [2.05, 4.69) is 21.2 Å². The molecule has 1 N–H and O–H groups in total. The Kier molecular flexibility index (Phi) is 6.92. The van der Waals surface area contributed by atoms with Gasteiger partial charge in [-0.25, -0.2) is 4.79 Å². The van der Waals surface area contributed by atoms with E-state index in [1.807, 2.05) is 37.3 Å². The van der Waals surface area contributed by atoms with Crippen molar-refractivity contribution in [3.05, 3.63) is 63.1 Å². The van der Waals surface area contributed by atoms with Gasteiger partial charge in [0.05, 0.1) is 16.9 Å². The highest BCUT2D eigenvalue weighted by atomic mass is 79.9. The Bertz CT molecular complexity index is 1210. The lowest BCUT2D eigenvalue weighted by Gasteiger charge is -2.26. The van der Waals surface area contributed by atoms with Gasteiger partial charge >= 0.3 is 5.97 Å². The zero-order valence-electron chi connectivity index (χ0n) is 19.7. The van der Waals surface area contributed by atoms with E-state index in [1.165, 1.54) is 0 Å². The van der Waals surface area contributed by atoms with Crippen LogP contribution in [-0.2, 0) is 30.3 Å². The summed E-state index contributed by atoms with van der Waals surface area (Å²) in [4.78, 5) is 53.8. The number of fused-ring (bicyclic) bond motifs is 5. The van der Waals surface area contributed by atoms with Crippen LogP contribution in [0.15, 0.2) is 46.9 Å². The second-order valence-electron chi connectivity index (χ2n) is 9.87. The number of benzene rings is 2. The molecule has 1 heterocycles. The van der Waals surface area contributed by atoms with Crippen molar-refractivity contribution in [2.45, 2.75) is 38.6 Å². The number of hydrogen-bond donors (Lipinski definition) is 1. The Morgan fingerprint density at radius 1 is 1.11 bits per heavy atom. The predicted molar refractivity (Wildman–Crippen MR) is 137 cm³/mol. The number of halogens is 2. The van der Waals surface area contributed by atoms with Crippen LogP contribution < -0.4 is 5.32 Å². The minimum absolute atomic E-state index is 0.134. The average Bonchev–Trinajstić information content (AvgIpc) is 3.54. The minimum atomic E-state index is -1.12. The third-order valence-electron chi connectivity index (χ3n) is 7.70. The largest absolute Gasteiger partial charge is 0.454 e. The summed E-state index contributed by atoms with van der Waals surface area (Å²) in [5.41, 5.74) is 2.07. The standard InChI is InChI=1S/C27H26BrClN2O5/c1-14-9-18(28)19(29)12-20(14)30-22(32)13-36-27(35)21(10-15-5-3-2-4-6-15)31-25(33)23-16-7-8-17(11-16)24(23)26(31)34/h2-6,9,12,16-17,21,23-24H,7-8,10-11,13H2,1H3,(H,30,32)/t16-,17-,21+,23-,24+/m0/s1. The van der Waals surface area contributed by atoms with Crippen molar-refractivity contribution in [1.82, 2.24) is 4.90 Å². The number of aryl methyl sites for hydroxylation is 1. The molecule has 36 heavy (non-hydrogen) atoms. The molecule has 188 valence electrons. The van der Waals surface area contributed by atoms with Crippen LogP contribution in [0.5, 0.6) is 0 Å². The van der Waals surface area contributed by atoms with Gasteiger partial charge in [0.2, 0.25) is 11.8 Å². The maximum atomic E-state index is 13.4. The quantitative estimate of drug-likeness (QED) is 0.388. The second-order valence-corrected chi connectivity index (χ2v) is 11.1. The first kappa shape index (κ1) is 25.0. The number of hydrogen-bond acceptors (Lipinski definition) is 5. The molecule has 0 unspecified atom stereocenters. The topological polar surface area (TPSA) is 92.8 Å². The Morgan fingerprint density at radius 3 is 2.39 bits per heavy atom. The number of rotatable bonds is 7. The van der Waals surface area contributed by atoms with E-state index in [-0.39, 0.29) is 41.9 Å². The molecule has 1 saturated heterocycles. The van der Waals surface area contributed by atoms with Crippen molar-refractivity contribution in [1.29, 1.82) is 0 Å². The first-order valence-electron chi connectivity index (χ1n) is 12.1. The molecule has 1 aliphatic heterocycles. The number of carbonyl (C=O) groups is 4. The predicted octanol–water partition coefficient (Wildman–Crippen LogP) is 4.54. The third-order valence-corrected chi connectivity index (χ3v) is 8.90. The number of likely N-dealkylation sites (tertiary alicyclic amines) is 1. The highest BCUT2D eigenvalue weighted by Crippen LogP contribution is 2.56. The second kappa shape index (κ2) is 9.98. The van der Waals surface area contributed by atoms with E-state index in [0.29, 0.717) is 15.2 Å². The summed E-state index contributed by atoms with van der Waals surface area (Å²) in [6.07, 6.45) is 2.95. The molecule has 3 amide bonds. The van der Waals surface area contributed by atoms with Crippen molar-refractivity contribution in [3.8, 4) is 0 Å². The van der Waals surface area contributed by atoms with Crippen molar-refractivity contribution in [3.63, 3.8) is 0 Å². The van der Waals surface area contributed by atoms with Crippen LogP contribution in [0.3, 0.4) is 0 Å². The number of imide groups is 1. The van der Waals surface area contributed by atoms with Gasteiger partial charge in [-0.05, 0) is 77.2 Å². The summed E-state index contributed by atoms with van der Waals surface area (Å²) in [5.74, 6) is -2.13. The fourth-order valence-electron chi connectivity index (χ4n) is 6.06.